The summed E-state index contributed by atoms with van der Waals surface area (Å²) in [4.78, 5) is 0. The third-order valence-electron chi connectivity index (χ3n) is 3.65. The van der Waals surface area contributed by atoms with E-state index in [0.29, 0.717) is 12.6 Å². The number of ether oxygens (including phenoxy) is 1. The number of methoxy groups -OCH3 is 1. The summed E-state index contributed by atoms with van der Waals surface area (Å²) in [5, 5.41) is 3.63. The van der Waals surface area contributed by atoms with Crippen LogP contribution in [0.5, 0.6) is 0 Å². The Bertz CT molecular complexity index is 325. The van der Waals surface area contributed by atoms with Crippen molar-refractivity contribution < 1.29 is 4.74 Å². The first-order chi connectivity index (χ1) is 8.28. The zero-order valence-corrected chi connectivity index (χ0v) is 10.9. The van der Waals surface area contributed by atoms with Crippen LogP contribution in [-0.2, 0) is 11.3 Å². The molecule has 0 amide bonds. The molecule has 0 spiro atoms. The predicted molar refractivity (Wildman–Crippen MR) is 72.2 cm³/mol. The molecule has 1 aromatic carbocycles. The van der Waals surface area contributed by atoms with Gasteiger partial charge in [0.1, 0.15) is 0 Å². The molecule has 0 aromatic heterocycles. The molecule has 0 heterocycles. The van der Waals surface area contributed by atoms with E-state index in [4.69, 9.17) is 4.74 Å². The Morgan fingerprint density at radius 3 is 2.35 bits per heavy atom. The highest BCUT2D eigenvalue weighted by molar-refractivity contribution is 5.45. The van der Waals surface area contributed by atoms with Crippen LogP contribution in [0, 0.1) is 5.92 Å². The molecule has 0 unspecified atom stereocenters. The molecule has 17 heavy (non-hydrogen) atoms. The number of nitrogens with one attached hydrogen (secondary N) is 1. The molecule has 0 saturated heterocycles. The summed E-state index contributed by atoms with van der Waals surface area (Å²) >= 11 is 0. The molecule has 1 fully saturated rings. The fourth-order valence-corrected chi connectivity index (χ4v) is 2.50. The van der Waals surface area contributed by atoms with Gasteiger partial charge in [-0.1, -0.05) is 19.1 Å². The van der Waals surface area contributed by atoms with Crippen molar-refractivity contribution >= 4 is 5.69 Å². The average Bonchev–Trinajstić information content (AvgIpc) is 2.35. The van der Waals surface area contributed by atoms with E-state index in [9.17, 15) is 0 Å². The van der Waals surface area contributed by atoms with Gasteiger partial charge < -0.3 is 10.1 Å². The fourth-order valence-electron chi connectivity index (χ4n) is 2.50. The lowest BCUT2D eigenvalue weighted by atomic mass is 9.87. The van der Waals surface area contributed by atoms with Gasteiger partial charge in [0.15, 0.2) is 0 Å². The van der Waals surface area contributed by atoms with Crippen molar-refractivity contribution in [1.29, 1.82) is 0 Å². The van der Waals surface area contributed by atoms with Crippen LogP contribution in [-0.4, -0.2) is 13.2 Å². The Morgan fingerprint density at radius 1 is 1.12 bits per heavy atom. The first-order valence-electron chi connectivity index (χ1n) is 6.62. The summed E-state index contributed by atoms with van der Waals surface area (Å²) in [6, 6.07) is 9.26. The van der Waals surface area contributed by atoms with Crippen molar-refractivity contribution in [1.82, 2.24) is 0 Å². The van der Waals surface area contributed by atoms with E-state index in [1.54, 1.807) is 7.11 Å². The normalized spacial score (nSPS) is 24.6. The summed E-state index contributed by atoms with van der Waals surface area (Å²) in [5.41, 5.74) is 2.47. The van der Waals surface area contributed by atoms with E-state index in [0.717, 1.165) is 5.92 Å². The second-order valence-electron chi connectivity index (χ2n) is 5.23. The molecular weight excluding hydrogens is 210 g/mol. The van der Waals surface area contributed by atoms with E-state index in [2.05, 4.69) is 36.5 Å². The Kier molecular flexibility index (Phi) is 4.43. The van der Waals surface area contributed by atoms with Gasteiger partial charge in [0.25, 0.3) is 0 Å². The topological polar surface area (TPSA) is 21.3 Å². The molecule has 2 nitrogen and oxygen atoms in total. The molecule has 0 atom stereocenters. The number of hydrogen-bond acceptors (Lipinski definition) is 2. The van der Waals surface area contributed by atoms with Crippen LogP contribution in [0.1, 0.15) is 38.2 Å². The third kappa shape index (κ3) is 3.74. The summed E-state index contributed by atoms with van der Waals surface area (Å²) in [6.07, 6.45) is 5.33. The summed E-state index contributed by atoms with van der Waals surface area (Å²) in [7, 11) is 1.73. The lowest BCUT2D eigenvalue weighted by Gasteiger charge is -2.27. The second-order valence-corrected chi connectivity index (χ2v) is 5.23. The highest BCUT2D eigenvalue weighted by Gasteiger charge is 2.17. The first kappa shape index (κ1) is 12.4. The molecule has 1 aliphatic carbocycles. The molecular formula is C15H23NO. The van der Waals surface area contributed by atoms with E-state index in [1.807, 2.05) is 0 Å². The highest BCUT2D eigenvalue weighted by Crippen LogP contribution is 2.26. The predicted octanol–water partition coefficient (Wildman–Crippen LogP) is 3.82. The standard InChI is InChI=1S/C15H23NO/c1-12-3-7-14(8-4-12)16-15-9-5-13(6-10-15)11-17-2/h5-6,9-10,12,14,16H,3-4,7-8,11H2,1-2H3. The van der Waals surface area contributed by atoms with Crippen LogP contribution in [0.3, 0.4) is 0 Å². The van der Waals surface area contributed by atoms with Gasteiger partial charge in [0.05, 0.1) is 6.61 Å². The molecule has 1 aromatic rings. The zero-order chi connectivity index (χ0) is 12.1. The Morgan fingerprint density at radius 2 is 1.76 bits per heavy atom. The van der Waals surface area contributed by atoms with Gasteiger partial charge in [0, 0.05) is 18.8 Å². The van der Waals surface area contributed by atoms with Crippen molar-refractivity contribution in [2.45, 2.75) is 45.3 Å². The molecule has 0 bridgehead atoms. The van der Waals surface area contributed by atoms with E-state index in [1.165, 1.54) is 36.9 Å². The maximum Gasteiger partial charge on any atom is 0.0713 e. The number of hydrogen-bond donors (Lipinski definition) is 1. The molecule has 1 saturated carbocycles. The van der Waals surface area contributed by atoms with Crippen LogP contribution in [0.2, 0.25) is 0 Å². The van der Waals surface area contributed by atoms with E-state index in [-0.39, 0.29) is 0 Å². The average molecular weight is 233 g/mol. The van der Waals surface area contributed by atoms with Gasteiger partial charge in [-0.05, 0) is 49.3 Å². The molecule has 2 rings (SSSR count). The molecule has 1 aliphatic rings. The zero-order valence-electron chi connectivity index (χ0n) is 10.9. The Hall–Kier alpha value is -1.02. The molecule has 2 heteroatoms. The minimum absolute atomic E-state index is 0.666. The lowest BCUT2D eigenvalue weighted by Crippen LogP contribution is -2.25. The lowest BCUT2D eigenvalue weighted by molar-refractivity contribution is 0.185. The van der Waals surface area contributed by atoms with Crippen molar-refractivity contribution in [3.8, 4) is 0 Å². The maximum absolute atomic E-state index is 5.11. The largest absolute Gasteiger partial charge is 0.382 e. The van der Waals surface area contributed by atoms with Crippen molar-refractivity contribution in [2.24, 2.45) is 5.92 Å². The van der Waals surface area contributed by atoms with Crippen molar-refractivity contribution in [3.63, 3.8) is 0 Å². The minimum Gasteiger partial charge on any atom is -0.382 e. The third-order valence-corrected chi connectivity index (χ3v) is 3.65. The van der Waals surface area contributed by atoms with Crippen molar-refractivity contribution in [3.05, 3.63) is 29.8 Å². The number of anilines is 1. The Labute approximate surface area is 104 Å². The first-order valence-corrected chi connectivity index (χ1v) is 6.62. The van der Waals surface area contributed by atoms with Gasteiger partial charge in [0.2, 0.25) is 0 Å². The monoisotopic (exact) mass is 233 g/mol. The smallest absolute Gasteiger partial charge is 0.0713 e. The summed E-state index contributed by atoms with van der Waals surface area (Å²) in [6.45, 7) is 3.05. The molecule has 0 radical (unpaired) electrons. The van der Waals surface area contributed by atoms with E-state index < -0.39 is 0 Å². The summed E-state index contributed by atoms with van der Waals surface area (Å²) in [5.74, 6) is 0.914. The van der Waals surface area contributed by atoms with Crippen LogP contribution in [0.25, 0.3) is 0 Å². The van der Waals surface area contributed by atoms with Gasteiger partial charge >= 0.3 is 0 Å². The fraction of sp³-hybridized carbons (Fsp3) is 0.600. The van der Waals surface area contributed by atoms with E-state index >= 15 is 0 Å². The molecule has 94 valence electrons. The number of benzene rings is 1. The Balaban J connectivity index is 1.86. The van der Waals surface area contributed by atoms with Crippen molar-refractivity contribution in [2.75, 3.05) is 12.4 Å². The van der Waals surface area contributed by atoms with Crippen LogP contribution in [0.4, 0.5) is 5.69 Å². The minimum atomic E-state index is 0.666. The SMILES string of the molecule is COCc1ccc(NC2CCC(C)CC2)cc1. The quantitative estimate of drug-likeness (QED) is 0.853. The summed E-state index contributed by atoms with van der Waals surface area (Å²) < 4.78 is 5.11. The molecule has 1 N–H and O–H groups in total. The second kappa shape index (κ2) is 6.06. The van der Waals surface area contributed by atoms with Gasteiger partial charge in [-0.25, -0.2) is 0 Å². The van der Waals surface area contributed by atoms with Crippen LogP contribution in [0.15, 0.2) is 24.3 Å². The van der Waals surface area contributed by atoms with Gasteiger partial charge in [-0.15, -0.1) is 0 Å². The van der Waals surface area contributed by atoms with Crippen LogP contribution < -0.4 is 5.32 Å². The molecule has 0 aliphatic heterocycles. The maximum atomic E-state index is 5.11. The van der Waals surface area contributed by atoms with Gasteiger partial charge in [-0.2, -0.15) is 0 Å². The van der Waals surface area contributed by atoms with Crippen LogP contribution >= 0.6 is 0 Å². The van der Waals surface area contributed by atoms with Gasteiger partial charge in [-0.3, -0.25) is 0 Å². The number of rotatable bonds is 4. The highest BCUT2D eigenvalue weighted by atomic mass is 16.5.